The van der Waals surface area contributed by atoms with Crippen LogP contribution in [0, 0.1) is 0 Å². The summed E-state index contributed by atoms with van der Waals surface area (Å²) in [5, 5.41) is 21.4. The Morgan fingerprint density at radius 2 is 1.65 bits per heavy atom. The van der Waals surface area contributed by atoms with Crippen LogP contribution in [0.1, 0.15) is 48.3 Å². The number of esters is 1. The van der Waals surface area contributed by atoms with Crippen molar-refractivity contribution in [2.75, 3.05) is 7.11 Å². The second kappa shape index (κ2) is 12.3. The van der Waals surface area contributed by atoms with E-state index >= 15 is 0 Å². The van der Waals surface area contributed by atoms with E-state index in [1.807, 2.05) is 49.4 Å². The number of ether oxygens (including phenoxy) is 1. The molecule has 3 rings (SSSR count). The molecule has 0 saturated heterocycles. The van der Waals surface area contributed by atoms with Crippen LogP contribution in [0.15, 0.2) is 78.9 Å². The molecule has 0 radical (unpaired) electrons. The van der Waals surface area contributed by atoms with E-state index in [0.29, 0.717) is 11.1 Å². The van der Waals surface area contributed by atoms with Gasteiger partial charge in [0.15, 0.2) is 5.72 Å². The highest BCUT2D eigenvalue weighted by Crippen LogP contribution is 2.24. The van der Waals surface area contributed by atoms with Crippen molar-refractivity contribution in [1.29, 1.82) is 0 Å². The summed E-state index contributed by atoms with van der Waals surface area (Å²) in [4.78, 5) is 37.0. The van der Waals surface area contributed by atoms with Crippen LogP contribution in [-0.4, -0.2) is 41.8 Å². The molecular weight excluding hydrogens is 470 g/mol. The van der Waals surface area contributed by atoms with E-state index in [1.54, 1.807) is 31.2 Å². The summed E-state index contributed by atoms with van der Waals surface area (Å²) < 4.78 is 4.53. The maximum absolute atomic E-state index is 13.2. The van der Waals surface area contributed by atoms with Gasteiger partial charge in [0.2, 0.25) is 0 Å². The van der Waals surface area contributed by atoms with Crippen LogP contribution >= 0.6 is 0 Å². The van der Waals surface area contributed by atoms with Crippen molar-refractivity contribution < 1.29 is 24.2 Å². The Labute approximate surface area is 216 Å². The zero-order chi connectivity index (χ0) is 27.0. The number of nitrogens with one attached hydrogen (secondary N) is 3. The fraction of sp³-hybridized carbons (Fsp3) is 0.276. The lowest BCUT2D eigenvalue weighted by Gasteiger charge is -2.26. The molecule has 3 atom stereocenters. The second-order valence-electron chi connectivity index (χ2n) is 8.99. The molecule has 8 nitrogen and oxygen atoms in total. The Kier molecular flexibility index (Phi) is 9.16. The van der Waals surface area contributed by atoms with E-state index in [1.165, 1.54) is 26.2 Å². The van der Waals surface area contributed by atoms with Crippen LogP contribution in [0.25, 0.3) is 10.8 Å². The number of fused-ring (bicyclic) bond motifs is 1. The molecule has 8 heteroatoms. The molecule has 37 heavy (non-hydrogen) atoms. The summed E-state index contributed by atoms with van der Waals surface area (Å²) in [7, 11) is 1.26. The molecule has 2 unspecified atom stereocenters. The molecule has 3 aromatic carbocycles. The van der Waals surface area contributed by atoms with Crippen molar-refractivity contribution in [2.45, 2.75) is 45.1 Å². The maximum atomic E-state index is 13.2. The predicted molar refractivity (Wildman–Crippen MR) is 142 cm³/mol. The SMILES string of the molecule is COC(=O)/C=C/C(C)NC(=O)C(C)(O)NCc1ccccc1C(=O)N[C@H](C)c1cccc2ccccc12. The standard InChI is InChI=1S/C29H33N3O5/c1-19(16-17-26(33)37-4)31-28(35)29(3,36)30-18-22-11-6-8-14-25(22)27(34)32-20(2)23-15-9-12-21-10-5-7-13-24(21)23/h5-17,19-20,30,36H,18H2,1-4H3,(H,31,35)(H,32,34)/b17-16+/t19?,20-,29?/m1/s1. The molecular formula is C29H33N3O5. The Balaban J connectivity index is 1.67. The summed E-state index contributed by atoms with van der Waals surface area (Å²) >= 11 is 0. The largest absolute Gasteiger partial charge is 0.466 e. The molecule has 0 aliphatic rings. The summed E-state index contributed by atoms with van der Waals surface area (Å²) in [5.74, 6) is -1.49. The van der Waals surface area contributed by atoms with Gasteiger partial charge in [-0.1, -0.05) is 66.7 Å². The van der Waals surface area contributed by atoms with Gasteiger partial charge < -0.3 is 20.5 Å². The van der Waals surface area contributed by atoms with Crippen molar-refractivity contribution in [2.24, 2.45) is 0 Å². The van der Waals surface area contributed by atoms with E-state index in [-0.39, 0.29) is 18.5 Å². The number of hydrogen-bond donors (Lipinski definition) is 4. The molecule has 0 aliphatic heterocycles. The average Bonchev–Trinajstić information content (AvgIpc) is 2.90. The Bertz CT molecular complexity index is 1300. The van der Waals surface area contributed by atoms with E-state index < -0.39 is 23.6 Å². The molecule has 4 N–H and O–H groups in total. The summed E-state index contributed by atoms with van der Waals surface area (Å²) in [5.41, 5.74) is 0.147. The van der Waals surface area contributed by atoms with Gasteiger partial charge in [0.1, 0.15) is 0 Å². The molecule has 0 spiro atoms. The Morgan fingerprint density at radius 3 is 2.41 bits per heavy atom. The van der Waals surface area contributed by atoms with E-state index in [0.717, 1.165) is 16.3 Å². The quantitative estimate of drug-likeness (QED) is 0.192. The Hall–Kier alpha value is -4.01. The predicted octanol–water partition coefficient (Wildman–Crippen LogP) is 3.36. The van der Waals surface area contributed by atoms with Crippen LogP contribution in [0.3, 0.4) is 0 Å². The topological polar surface area (TPSA) is 117 Å². The minimum absolute atomic E-state index is 0.0685. The third-order valence-electron chi connectivity index (χ3n) is 6.05. The zero-order valence-corrected chi connectivity index (χ0v) is 21.4. The number of amides is 2. The van der Waals surface area contributed by atoms with Crippen LogP contribution in [0.2, 0.25) is 0 Å². The number of benzene rings is 3. The molecule has 0 aromatic heterocycles. The third kappa shape index (κ3) is 7.25. The molecule has 0 saturated carbocycles. The normalized spacial score (nSPS) is 14.5. The number of methoxy groups -OCH3 is 1. The maximum Gasteiger partial charge on any atom is 0.330 e. The number of hydrogen-bond acceptors (Lipinski definition) is 6. The van der Waals surface area contributed by atoms with Crippen molar-refractivity contribution in [3.8, 4) is 0 Å². The van der Waals surface area contributed by atoms with Crippen molar-refractivity contribution >= 4 is 28.6 Å². The highest BCUT2D eigenvalue weighted by Gasteiger charge is 2.30. The number of rotatable bonds is 10. The lowest BCUT2D eigenvalue weighted by molar-refractivity contribution is -0.142. The van der Waals surface area contributed by atoms with Crippen molar-refractivity contribution in [3.05, 3.63) is 95.6 Å². The first kappa shape index (κ1) is 27.6. The second-order valence-corrected chi connectivity index (χ2v) is 8.99. The summed E-state index contributed by atoms with van der Waals surface area (Å²) in [6, 6.07) is 20.3. The fourth-order valence-corrected chi connectivity index (χ4v) is 3.91. The number of aliphatic hydroxyl groups is 1. The monoisotopic (exact) mass is 503 g/mol. The van der Waals surface area contributed by atoms with E-state index in [4.69, 9.17) is 0 Å². The molecule has 0 fully saturated rings. The third-order valence-corrected chi connectivity index (χ3v) is 6.05. The van der Waals surface area contributed by atoms with Gasteiger partial charge in [-0.15, -0.1) is 0 Å². The highest BCUT2D eigenvalue weighted by atomic mass is 16.5. The molecule has 194 valence electrons. The fourth-order valence-electron chi connectivity index (χ4n) is 3.91. The number of carbonyl (C=O) groups excluding carboxylic acids is 3. The van der Waals surface area contributed by atoms with Gasteiger partial charge in [-0.05, 0) is 48.7 Å². The van der Waals surface area contributed by atoms with Crippen molar-refractivity contribution in [3.63, 3.8) is 0 Å². The Morgan fingerprint density at radius 1 is 0.973 bits per heavy atom. The van der Waals surface area contributed by atoms with Crippen LogP contribution in [0.5, 0.6) is 0 Å². The molecule has 3 aromatic rings. The average molecular weight is 504 g/mol. The van der Waals surface area contributed by atoms with Crippen molar-refractivity contribution in [1.82, 2.24) is 16.0 Å². The van der Waals surface area contributed by atoms with E-state index in [9.17, 15) is 19.5 Å². The number of carbonyl (C=O) groups is 3. The smallest absolute Gasteiger partial charge is 0.330 e. The first-order valence-corrected chi connectivity index (χ1v) is 12.0. The van der Waals surface area contributed by atoms with E-state index in [2.05, 4.69) is 20.7 Å². The van der Waals surface area contributed by atoms with Gasteiger partial charge in [0.05, 0.1) is 13.2 Å². The van der Waals surface area contributed by atoms with Gasteiger partial charge >= 0.3 is 5.97 Å². The lowest BCUT2D eigenvalue weighted by atomic mass is 9.99. The van der Waals surface area contributed by atoms with Crippen LogP contribution in [-0.2, 0) is 20.9 Å². The van der Waals surface area contributed by atoms with Gasteiger partial charge in [-0.2, -0.15) is 0 Å². The first-order valence-electron chi connectivity index (χ1n) is 12.0. The first-order chi connectivity index (χ1) is 17.6. The van der Waals surface area contributed by atoms with Gasteiger partial charge in [0, 0.05) is 24.2 Å². The summed E-state index contributed by atoms with van der Waals surface area (Å²) in [6.07, 6.45) is 2.65. The van der Waals surface area contributed by atoms with Crippen LogP contribution in [0.4, 0.5) is 0 Å². The highest BCUT2D eigenvalue weighted by molar-refractivity contribution is 5.96. The lowest BCUT2D eigenvalue weighted by Crippen LogP contribution is -2.56. The van der Waals surface area contributed by atoms with Gasteiger partial charge in [-0.25, -0.2) is 4.79 Å². The molecule has 2 amide bonds. The molecule has 0 bridgehead atoms. The minimum atomic E-state index is -1.92. The van der Waals surface area contributed by atoms with Gasteiger partial charge in [0.25, 0.3) is 11.8 Å². The zero-order valence-electron chi connectivity index (χ0n) is 21.4. The summed E-state index contributed by atoms with van der Waals surface area (Å²) in [6.45, 7) is 4.99. The minimum Gasteiger partial charge on any atom is -0.466 e. The van der Waals surface area contributed by atoms with Gasteiger partial charge in [-0.3, -0.25) is 14.9 Å². The van der Waals surface area contributed by atoms with Crippen LogP contribution < -0.4 is 16.0 Å². The molecule has 0 heterocycles. The molecule has 0 aliphatic carbocycles.